The van der Waals surface area contributed by atoms with Crippen LogP contribution in [0.2, 0.25) is 0 Å². The Hall–Kier alpha value is -1.16. The number of anilines is 2. The van der Waals surface area contributed by atoms with Crippen LogP contribution in [0, 0.1) is 0 Å². The van der Waals surface area contributed by atoms with Gasteiger partial charge in [0, 0.05) is 24.0 Å². The lowest BCUT2D eigenvalue weighted by Crippen LogP contribution is -2.30. The lowest BCUT2D eigenvalue weighted by Gasteiger charge is -2.27. The van der Waals surface area contributed by atoms with E-state index in [4.69, 9.17) is 0 Å². The fraction of sp³-hybridized carbons (Fsp3) is 0.562. The van der Waals surface area contributed by atoms with Gasteiger partial charge in [-0.2, -0.15) is 11.8 Å². The van der Waals surface area contributed by atoms with Crippen LogP contribution in [0.5, 0.6) is 0 Å². The number of nitrogens with one attached hydrogen (secondary N) is 1. The van der Waals surface area contributed by atoms with Crippen LogP contribution in [0.1, 0.15) is 34.1 Å². The van der Waals surface area contributed by atoms with Gasteiger partial charge in [0.25, 0.3) is 0 Å². The molecule has 0 spiro atoms. The molecule has 4 heteroatoms. The number of carbonyl (C=O) groups excluding carboxylic acids is 1. The minimum atomic E-state index is 0.0763. The molecule has 1 N–H and O–H groups in total. The molecule has 20 heavy (non-hydrogen) atoms. The zero-order chi connectivity index (χ0) is 15.0. The third-order valence-corrected chi connectivity index (χ3v) is 4.19. The van der Waals surface area contributed by atoms with E-state index in [0.29, 0.717) is 11.8 Å². The summed E-state index contributed by atoms with van der Waals surface area (Å²) in [6.07, 6.45) is 1.11. The molecular weight excluding hydrogens is 268 g/mol. The Morgan fingerprint density at radius 3 is 2.40 bits per heavy atom. The van der Waals surface area contributed by atoms with Crippen molar-refractivity contribution in [3.8, 4) is 0 Å². The average Bonchev–Trinajstić information content (AvgIpc) is 2.41. The number of amides is 1. The molecular formula is C16H26N2OS. The summed E-state index contributed by atoms with van der Waals surface area (Å²) in [5.74, 6) is 1.64. The predicted octanol–water partition coefficient (Wildman–Crippen LogP) is 4.00. The van der Waals surface area contributed by atoms with E-state index < -0.39 is 0 Å². The van der Waals surface area contributed by atoms with E-state index in [1.54, 1.807) is 11.8 Å². The van der Waals surface area contributed by atoms with Gasteiger partial charge in [-0.05, 0) is 57.2 Å². The molecule has 3 nitrogen and oxygen atoms in total. The van der Waals surface area contributed by atoms with E-state index in [2.05, 4.69) is 50.0 Å². The van der Waals surface area contributed by atoms with E-state index in [-0.39, 0.29) is 5.91 Å². The van der Waals surface area contributed by atoms with Crippen molar-refractivity contribution in [1.82, 2.24) is 0 Å². The maximum absolute atomic E-state index is 11.7. The first kappa shape index (κ1) is 16.9. The Kier molecular flexibility index (Phi) is 7.52. The van der Waals surface area contributed by atoms with Gasteiger partial charge in [0.2, 0.25) is 5.91 Å². The van der Waals surface area contributed by atoms with Gasteiger partial charge in [0.15, 0.2) is 0 Å². The standard InChI is InChI=1S/C16H26N2OS/c1-5-11-20-12-16(19)17-14-7-9-15(10-8-14)18(6-2)13(3)4/h7-10,13H,5-6,11-12H2,1-4H3,(H,17,19). The van der Waals surface area contributed by atoms with Crippen LogP contribution in [0.25, 0.3) is 0 Å². The molecule has 1 rings (SSSR count). The van der Waals surface area contributed by atoms with Crippen molar-refractivity contribution >= 4 is 29.0 Å². The SMILES string of the molecule is CCCSCC(=O)Nc1ccc(N(CC)C(C)C)cc1. The van der Waals surface area contributed by atoms with Gasteiger partial charge >= 0.3 is 0 Å². The largest absolute Gasteiger partial charge is 0.369 e. The summed E-state index contributed by atoms with van der Waals surface area (Å²) in [4.78, 5) is 14.1. The molecule has 1 aromatic rings. The van der Waals surface area contributed by atoms with Crippen molar-refractivity contribution in [1.29, 1.82) is 0 Å². The molecule has 0 aliphatic heterocycles. The number of nitrogens with zero attached hydrogens (tertiary/aromatic N) is 1. The predicted molar refractivity (Wildman–Crippen MR) is 90.8 cm³/mol. The van der Waals surface area contributed by atoms with Crippen LogP contribution >= 0.6 is 11.8 Å². The molecule has 1 amide bonds. The van der Waals surface area contributed by atoms with E-state index in [9.17, 15) is 4.79 Å². The van der Waals surface area contributed by atoms with Gasteiger partial charge in [-0.3, -0.25) is 4.79 Å². The van der Waals surface area contributed by atoms with Crippen LogP contribution in [0.4, 0.5) is 11.4 Å². The van der Waals surface area contributed by atoms with Gasteiger partial charge in [0.1, 0.15) is 0 Å². The molecule has 0 radical (unpaired) electrons. The van der Waals surface area contributed by atoms with Crippen LogP contribution in [-0.4, -0.2) is 30.0 Å². The molecule has 0 bridgehead atoms. The summed E-state index contributed by atoms with van der Waals surface area (Å²) in [5, 5.41) is 2.94. The lowest BCUT2D eigenvalue weighted by atomic mass is 10.2. The second kappa shape index (κ2) is 8.90. The number of hydrogen-bond donors (Lipinski definition) is 1. The Labute approximate surface area is 127 Å². The number of rotatable bonds is 8. The fourth-order valence-electron chi connectivity index (χ4n) is 2.09. The zero-order valence-corrected chi connectivity index (χ0v) is 13.8. The fourth-order valence-corrected chi connectivity index (χ4v) is 2.78. The highest BCUT2D eigenvalue weighted by Crippen LogP contribution is 2.20. The first-order chi connectivity index (χ1) is 9.58. The van der Waals surface area contributed by atoms with Crippen molar-refractivity contribution in [3.05, 3.63) is 24.3 Å². The molecule has 1 aromatic carbocycles. The molecule has 0 fully saturated rings. The minimum Gasteiger partial charge on any atom is -0.369 e. The Morgan fingerprint density at radius 1 is 1.25 bits per heavy atom. The van der Waals surface area contributed by atoms with Crippen molar-refractivity contribution in [2.24, 2.45) is 0 Å². The van der Waals surface area contributed by atoms with E-state index in [1.807, 2.05) is 12.1 Å². The maximum atomic E-state index is 11.7. The molecule has 0 aliphatic rings. The van der Waals surface area contributed by atoms with Gasteiger partial charge in [-0.15, -0.1) is 0 Å². The zero-order valence-electron chi connectivity index (χ0n) is 13.0. The quantitative estimate of drug-likeness (QED) is 0.735. The smallest absolute Gasteiger partial charge is 0.234 e. The first-order valence-electron chi connectivity index (χ1n) is 7.32. The van der Waals surface area contributed by atoms with Crippen molar-refractivity contribution in [3.63, 3.8) is 0 Å². The van der Waals surface area contributed by atoms with Crippen LogP contribution < -0.4 is 10.2 Å². The number of thioether (sulfide) groups is 1. The third-order valence-electron chi connectivity index (χ3n) is 3.03. The van der Waals surface area contributed by atoms with Crippen LogP contribution in [0.15, 0.2) is 24.3 Å². The summed E-state index contributed by atoms with van der Waals surface area (Å²) in [7, 11) is 0. The Morgan fingerprint density at radius 2 is 1.90 bits per heavy atom. The molecule has 0 aliphatic carbocycles. The topological polar surface area (TPSA) is 32.3 Å². The average molecular weight is 294 g/mol. The third kappa shape index (κ3) is 5.45. The summed E-state index contributed by atoms with van der Waals surface area (Å²) >= 11 is 1.68. The number of benzene rings is 1. The highest BCUT2D eigenvalue weighted by Gasteiger charge is 2.08. The molecule has 0 atom stereocenters. The summed E-state index contributed by atoms with van der Waals surface area (Å²) in [5.41, 5.74) is 2.07. The second-order valence-electron chi connectivity index (χ2n) is 5.03. The summed E-state index contributed by atoms with van der Waals surface area (Å²) in [6, 6.07) is 8.56. The minimum absolute atomic E-state index is 0.0763. The van der Waals surface area contributed by atoms with Crippen LogP contribution in [-0.2, 0) is 4.79 Å². The van der Waals surface area contributed by atoms with Crippen molar-refractivity contribution < 1.29 is 4.79 Å². The second-order valence-corrected chi connectivity index (χ2v) is 6.13. The summed E-state index contributed by atoms with van der Waals surface area (Å²) in [6.45, 7) is 9.63. The van der Waals surface area contributed by atoms with Crippen molar-refractivity contribution in [2.75, 3.05) is 28.3 Å². The molecule has 0 saturated carbocycles. The van der Waals surface area contributed by atoms with Crippen molar-refractivity contribution in [2.45, 2.75) is 40.2 Å². The van der Waals surface area contributed by atoms with E-state index in [1.165, 1.54) is 5.69 Å². The van der Waals surface area contributed by atoms with E-state index in [0.717, 1.165) is 24.4 Å². The molecule has 0 saturated heterocycles. The van der Waals surface area contributed by atoms with Gasteiger partial charge < -0.3 is 10.2 Å². The van der Waals surface area contributed by atoms with Crippen LogP contribution in [0.3, 0.4) is 0 Å². The highest BCUT2D eigenvalue weighted by molar-refractivity contribution is 7.99. The number of carbonyl (C=O) groups is 1. The summed E-state index contributed by atoms with van der Waals surface area (Å²) < 4.78 is 0. The van der Waals surface area contributed by atoms with Gasteiger partial charge in [-0.1, -0.05) is 6.92 Å². The number of hydrogen-bond acceptors (Lipinski definition) is 3. The van der Waals surface area contributed by atoms with E-state index >= 15 is 0 Å². The maximum Gasteiger partial charge on any atom is 0.234 e. The first-order valence-corrected chi connectivity index (χ1v) is 8.48. The Bertz CT molecular complexity index is 403. The lowest BCUT2D eigenvalue weighted by molar-refractivity contribution is -0.113. The molecule has 112 valence electrons. The molecule has 0 unspecified atom stereocenters. The molecule has 0 heterocycles. The normalized spacial score (nSPS) is 10.7. The van der Waals surface area contributed by atoms with Gasteiger partial charge in [0.05, 0.1) is 5.75 Å². The molecule has 0 aromatic heterocycles. The monoisotopic (exact) mass is 294 g/mol. The highest BCUT2D eigenvalue weighted by atomic mass is 32.2. The Balaban J connectivity index is 2.56. The van der Waals surface area contributed by atoms with Gasteiger partial charge in [-0.25, -0.2) is 0 Å².